The molecule has 0 radical (unpaired) electrons. The molecule has 2 aliphatic heterocycles. The molecular formula is C17H19ClN4O2. The number of ether oxygens (including phenoxy) is 1. The lowest BCUT2D eigenvalue weighted by Gasteiger charge is -2.43. The summed E-state index contributed by atoms with van der Waals surface area (Å²) in [6, 6.07) is 7.12. The summed E-state index contributed by atoms with van der Waals surface area (Å²) in [6.07, 6.45) is 4.76. The maximum absolute atomic E-state index is 12.7. The number of anilines is 1. The van der Waals surface area contributed by atoms with Crippen LogP contribution >= 0.6 is 11.6 Å². The molecule has 7 heteroatoms. The average Bonchev–Trinajstić information content (AvgIpc) is 3.05. The minimum absolute atomic E-state index is 0.158. The number of amides is 1. The summed E-state index contributed by atoms with van der Waals surface area (Å²) < 4.78 is 8.33. The first-order valence-corrected chi connectivity index (χ1v) is 8.51. The fraction of sp³-hybridized carbons (Fsp3) is 0.412. The standard InChI is InChI=1S/C17H19ClN4O2/c18-12-2-1-3-13(10-12)21-15(23)14-11-22-9-8-20-16(22)17(24-14)4-6-19-7-5-17/h1-3,8-10,14,19H,4-7,11H2,(H,21,23)/t14-/m0/s1. The smallest absolute Gasteiger partial charge is 0.255 e. The quantitative estimate of drug-likeness (QED) is 0.874. The summed E-state index contributed by atoms with van der Waals surface area (Å²) in [6.45, 7) is 2.18. The van der Waals surface area contributed by atoms with E-state index in [0.717, 1.165) is 31.8 Å². The van der Waals surface area contributed by atoms with E-state index >= 15 is 0 Å². The van der Waals surface area contributed by atoms with Crippen molar-refractivity contribution >= 4 is 23.2 Å². The Morgan fingerprint density at radius 3 is 3.04 bits per heavy atom. The molecule has 1 spiro atoms. The fourth-order valence-corrected chi connectivity index (χ4v) is 3.68. The van der Waals surface area contributed by atoms with E-state index in [1.165, 1.54) is 0 Å². The SMILES string of the molecule is O=C(Nc1cccc(Cl)c1)[C@@H]1Cn2ccnc2C2(CCNCC2)O1. The molecule has 24 heavy (non-hydrogen) atoms. The van der Waals surface area contributed by atoms with E-state index in [-0.39, 0.29) is 5.91 Å². The number of hydrogen-bond acceptors (Lipinski definition) is 4. The van der Waals surface area contributed by atoms with Crippen LogP contribution in [0.3, 0.4) is 0 Å². The molecule has 3 heterocycles. The van der Waals surface area contributed by atoms with Crippen LogP contribution in [-0.4, -0.2) is 34.7 Å². The van der Waals surface area contributed by atoms with Gasteiger partial charge >= 0.3 is 0 Å². The van der Waals surface area contributed by atoms with Gasteiger partial charge < -0.3 is 19.9 Å². The third kappa shape index (κ3) is 2.81. The highest BCUT2D eigenvalue weighted by atomic mass is 35.5. The maximum atomic E-state index is 12.7. The summed E-state index contributed by atoms with van der Waals surface area (Å²) in [5.74, 6) is 0.769. The van der Waals surface area contributed by atoms with Gasteiger partial charge in [0.2, 0.25) is 0 Å². The molecule has 1 aromatic heterocycles. The second-order valence-corrected chi connectivity index (χ2v) is 6.69. The molecule has 1 aromatic carbocycles. The average molecular weight is 347 g/mol. The van der Waals surface area contributed by atoms with E-state index in [2.05, 4.69) is 15.6 Å². The molecule has 2 aliphatic rings. The van der Waals surface area contributed by atoms with Gasteiger partial charge in [-0.05, 0) is 44.1 Å². The molecule has 2 aromatic rings. The van der Waals surface area contributed by atoms with E-state index in [0.29, 0.717) is 17.3 Å². The highest BCUT2D eigenvalue weighted by Crippen LogP contribution is 2.38. The van der Waals surface area contributed by atoms with Gasteiger partial charge in [-0.3, -0.25) is 4.79 Å². The zero-order chi connectivity index (χ0) is 16.6. The van der Waals surface area contributed by atoms with E-state index < -0.39 is 11.7 Å². The molecule has 1 fully saturated rings. The molecule has 0 unspecified atom stereocenters. The first kappa shape index (κ1) is 15.6. The maximum Gasteiger partial charge on any atom is 0.255 e. The van der Waals surface area contributed by atoms with Crippen LogP contribution in [0.25, 0.3) is 0 Å². The lowest BCUT2D eigenvalue weighted by atomic mass is 9.89. The van der Waals surface area contributed by atoms with Crippen molar-refractivity contribution in [3.63, 3.8) is 0 Å². The van der Waals surface area contributed by atoms with Crippen LogP contribution in [0.2, 0.25) is 5.02 Å². The molecule has 4 rings (SSSR count). The van der Waals surface area contributed by atoms with Gasteiger partial charge in [0, 0.05) is 23.1 Å². The molecule has 1 amide bonds. The Balaban J connectivity index is 1.57. The van der Waals surface area contributed by atoms with Crippen LogP contribution in [0.4, 0.5) is 5.69 Å². The van der Waals surface area contributed by atoms with Crippen molar-refractivity contribution in [3.8, 4) is 0 Å². The number of nitrogens with one attached hydrogen (secondary N) is 2. The predicted molar refractivity (Wildman–Crippen MR) is 91.0 cm³/mol. The molecule has 0 saturated carbocycles. The highest BCUT2D eigenvalue weighted by Gasteiger charge is 2.45. The number of halogens is 1. The number of carbonyl (C=O) groups excluding carboxylic acids is 1. The number of benzene rings is 1. The van der Waals surface area contributed by atoms with Crippen LogP contribution < -0.4 is 10.6 Å². The van der Waals surface area contributed by atoms with E-state index in [4.69, 9.17) is 16.3 Å². The Kier molecular flexibility index (Phi) is 4.04. The Morgan fingerprint density at radius 2 is 2.25 bits per heavy atom. The van der Waals surface area contributed by atoms with Crippen LogP contribution in [0, 0.1) is 0 Å². The number of fused-ring (bicyclic) bond motifs is 2. The molecule has 0 bridgehead atoms. The van der Waals surface area contributed by atoms with Crippen LogP contribution in [0.5, 0.6) is 0 Å². The monoisotopic (exact) mass is 346 g/mol. The van der Waals surface area contributed by atoms with Gasteiger partial charge in [-0.15, -0.1) is 0 Å². The normalized spacial score (nSPS) is 22.1. The van der Waals surface area contributed by atoms with E-state index in [1.54, 1.807) is 18.3 Å². The summed E-state index contributed by atoms with van der Waals surface area (Å²) in [7, 11) is 0. The second kappa shape index (κ2) is 6.20. The van der Waals surface area contributed by atoms with Gasteiger partial charge in [-0.2, -0.15) is 0 Å². The first-order valence-electron chi connectivity index (χ1n) is 8.13. The fourth-order valence-electron chi connectivity index (χ4n) is 3.49. The minimum Gasteiger partial charge on any atom is -0.352 e. The third-order valence-electron chi connectivity index (χ3n) is 4.65. The summed E-state index contributed by atoms with van der Waals surface area (Å²) >= 11 is 5.98. The molecule has 6 nitrogen and oxygen atoms in total. The highest BCUT2D eigenvalue weighted by molar-refractivity contribution is 6.30. The Bertz CT molecular complexity index is 755. The van der Waals surface area contributed by atoms with Crippen LogP contribution in [-0.2, 0) is 21.7 Å². The van der Waals surface area contributed by atoms with Gasteiger partial charge in [-0.25, -0.2) is 4.98 Å². The molecule has 1 atom stereocenters. The van der Waals surface area contributed by atoms with E-state index in [1.807, 2.05) is 22.9 Å². The number of nitrogens with zero attached hydrogens (tertiary/aromatic N) is 2. The largest absolute Gasteiger partial charge is 0.352 e. The van der Waals surface area contributed by atoms with Crippen LogP contribution in [0.1, 0.15) is 18.7 Å². The zero-order valence-electron chi connectivity index (χ0n) is 13.2. The van der Waals surface area contributed by atoms with Crippen molar-refractivity contribution in [2.24, 2.45) is 0 Å². The lowest BCUT2D eigenvalue weighted by Crippen LogP contribution is -2.52. The number of rotatable bonds is 2. The molecule has 1 saturated heterocycles. The van der Waals surface area contributed by atoms with Crippen molar-refractivity contribution < 1.29 is 9.53 Å². The first-order chi connectivity index (χ1) is 11.7. The Hall–Kier alpha value is -1.89. The number of aromatic nitrogens is 2. The summed E-state index contributed by atoms with van der Waals surface area (Å²) in [5, 5.41) is 6.82. The topological polar surface area (TPSA) is 68.2 Å². The van der Waals surface area contributed by atoms with Crippen molar-refractivity contribution in [1.29, 1.82) is 0 Å². The van der Waals surface area contributed by atoms with Crippen molar-refractivity contribution in [3.05, 3.63) is 47.5 Å². The lowest BCUT2D eigenvalue weighted by molar-refractivity contribution is -0.163. The predicted octanol–water partition coefficient (Wildman–Crippen LogP) is 2.15. The number of imidazole rings is 1. The van der Waals surface area contributed by atoms with Gasteiger partial charge in [-0.1, -0.05) is 17.7 Å². The van der Waals surface area contributed by atoms with Crippen molar-refractivity contribution in [2.45, 2.75) is 31.1 Å². The third-order valence-corrected chi connectivity index (χ3v) is 4.88. The number of carbonyl (C=O) groups is 1. The second-order valence-electron chi connectivity index (χ2n) is 6.25. The Labute approximate surface area is 145 Å². The molecule has 2 N–H and O–H groups in total. The summed E-state index contributed by atoms with van der Waals surface area (Å²) in [4.78, 5) is 17.2. The molecule has 126 valence electrons. The van der Waals surface area contributed by atoms with Gasteiger partial charge in [0.05, 0.1) is 6.54 Å². The number of hydrogen-bond donors (Lipinski definition) is 2. The van der Waals surface area contributed by atoms with Crippen LogP contribution in [0.15, 0.2) is 36.7 Å². The Morgan fingerprint density at radius 1 is 1.42 bits per heavy atom. The number of piperidine rings is 1. The molecule has 0 aliphatic carbocycles. The molecular weight excluding hydrogens is 328 g/mol. The van der Waals surface area contributed by atoms with Gasteiger partial charge in [0.25, 0.3) is 5.91 Å². The van der Waals surface area contributed by atoms with Gasteiger partial charge in [0.1, 0.15) is 11.4 Å². The summed E-state index contributed by atoms with van der Waals surface area (Å²) in [5.41, 5.74) is 0.190. The van der Waals surface area contributed by atoms with Gasteiger partial charge in [0.15, 0.2) is 6.10 Å². The van der Waals surface area contributed by atoms with E-state index in [9.17, 15) is 4.79 Å². The zero-order valence-corrected chi connectivity index (χ0v) is 13.9. The van der Waals surface area contributed by atoms with Crippen molar-refractivity contribution in [2.75, 3.05) is 18.4 Å². The van der Waals surface area contributed by atoms with Crippen molar-refractivity contribution in [1.82, 2.24) is 14.9 Å². The minimum atomic E-state index is -0.552.